The lowest BCUT2D eigenvalue weighted by atomic mass is 10.1. The Kier molecular flexibility index (Phi) is 5.73. The lowest BCUT2D eigenvalue weighted by Gasteiger charge is -2.19. The Balaban J connectivity index is 2.05. The predicted octanol–water partition coefficient (Wildman–Crippen LogP) is 4.22. The van der Waals surface area contributed by atoms with Gasteiger partial charge in [0, 0.05) is 19.2 Å². The third-order valence-corrected chi connectivity index (χ3v) is 3.37. The summed E-state index contributed by atoms with van der Waals surface area (Å²) in [5, 5.41) is 0. The van der Waals surface area contributed by atoms with Crippen LogP contribution in [0.15, 0.2) is 73.3 Å². The van der Waals surface area contributed by atoms with Crippen LogP contribution in [0, 0.1) is 6.92 Å². The molecule has 0 aliphatic heterocycles. The number of aryl methyl sites for hydroxylation is 1. The van der Waals surface area contributed by atoms with Gasteiger partial charge in [-0.2, -0.15) is 0 Å². The first kappa shape index (κ1) is 15.8. The third-order valence-electron chi connectivity index (χ3n) is 3.37. The maximum absolute atomic E-state index is 12.4. The van der Waals surface area contributed by atoms with Crippen LogP contribution < -0.4 is 0 Å². The van der Waals surface area contributed by atoms with Crippen LogP contribution in [0.1, 0.15) is 16.7 Å². The van der Waals surface area contributed by atoms with Crippen LogP contribution in [0.5, 0.6) is 0 Å². The van der Waals surface area contributed by atoms with Gasteiger partial charge in [0.05, 0.1) is 0 Å². The highest BCUT2D eigenvalue weighted by atomic mass is 16.2. The fourth-order valence-electron chi connectivity index (χ4n) is 2.14. The van der Waals surface area contributed by atoms with E-state index in [4.69, 9.17) is 0 Å². The van der Waals surface area contributed by atoms with E-state index in [0.717, 1.165) is 11.1 Å². The maximum atomic E-state index is 12.4. The van der Waals surface area contributed by atoms with E-state index in [1.165, 1.54) is 5.56 Å². The fourth-order valence-corrected chi connectivity index (χ4v) is 2.14. The van der Waals surface area contributed by atoms with Gasteiger partial charge < -0.3 is 4.90 Å². The molecule has 0 aliphatic carbocycles. The molecule has 0 unspecified atom stereocenters. The Morgan fingerprint density at radius 3 is 2.41 bits per heavy atom. The molecule has 1 amide bonds. The molecule has 0 aromatic heterocycles. The molecule has 2 aromatic rings. The highest BCUT2D eigenvalue weighted by Gasteiger charge is 2.09. The number of rotatable bonds is 6. The van der Waals surface area contributed by atoms with E-state index in [-0.39, 0.29) is 5.91 Å². The summed E-state index contributed by atoms with van der Waals surface area (Å²) in [4.78, 5) is 14.1. The van der Waals surface area contributed by atoms with Crippen LogP contribution in [0.2, 0.25) is 0 Å². The van der Waals surface area contributed by atoms with Crippen molar-refractivity contribution in [2.75, 3.05) is 6.54 Å². The van der Waals surface area contributed by atoms with Crippen molar-refractivity contribution in [3.63, 3.8) is 0 Å². The summed E-state index contributed by atoms with van der Waals surface area (Å²) in [6, 6.07) is 18.1. The summed E-state index contributed by atoms with van der Waals surface area (Å²) in [5.74, 6) is -0.00988. The molecule has 2 nitrogen and oxygen atoms in total. The molecule has 0 heterocycles. The Morgan fingerprint density at radius 2 is 1.77 bits per heavy atom. The van der Waals surface area contributed by atoms with Crippen LogP contribution >= 0.6 is 0 Å². The topological polar surface area (TPSA) is 20.3 Å². The van der Waals surface area contributed by atoms with Crippen LogP contribution in [0.25, 0.3) is 6.08 Å². The first-order chi connectivity index (χ1) is 10.7. The Hall–Kier alpha value is -2.61. The molecule has 0 aliphatic rings. The molecule has 0 fully saturated rings. The lowest BCUT2D eigenvalue weighted by molar-refractivity contribution is -0.126. The molecule has 2 rings (SSSR count). The average Bonchev–Trinajstić information content (AvgIpc) is 2.54. The number of carbonyl (C=O) groups is 1. The highest BCUT2D eigenvalue weighted by Crippen LogP contribution is 2.08. The van der Waals surface area contributed by atoms with Crippen molar-refractivity contribution < 1.29 is 4.79 Å². The minimum absolute atomic E-state index is 0.00988. The van der Waals surface area contributed by atoms with Crippen molar-refractivity contribution >= 4 is 12.0 Å². The van der Waals surface area contributed by atoms with Crippen LogP contribution in [-0.2, 0) is 11.3 Å². The second-order valence-electron chi connectivity index (χ2n) is 5.24. The molecule has 0 N–H and O–H groups in total. The summed E-state index contributed by atoms with van der Waals surface area (Å²) in [6.07, 6.45) is 5.22. The van der Waals surface area contributed by atoms with Gasteiger partial charge in [-0.05, 0) is 24.1 Å². The van der Waals surface area contributed by atoms with Gasteiger partial charge in [-0.3, -0.25) is 4.79 Å². The monoisotopic (exact) mass is 291 g/mol. The van der Waals surface area contributed by atoms with Crippen LogP contribution in [0.3, 0.4) is 0 Å². The Labute approximate surface area is 132 Å². The van der Waals surface area contributed by atoms with Crippen LogP contribution in [-0.4, -0.2) is 17.4 Å². The second-order valence-corrected chi connectivity index (χ2v) is 5.24. The van der Waals surface area contributed by atoms with Crippen LogP contribution in [0.4, 0.5) is 0 Å². The number of hydrogen-bond donors (Lipinski definition) is 0. The zero-order chi connectivity index (χ0) is 15.8. The molecule has 0 bridgehead atoms. The molecule has 0 radical (unpaired) electrons. The standard InChI is InChI=1S/C20H21NO/c1-3-15-21(16-19-7-5-4-6-8-19)20(22)14-13-18-11-9-17(2)10-12-18/h3-14H,1,15-16H2,2H3/b14-13+. The first-order valence-corrected chi connectivity index (χ1v) is 7.37. The Morgan fingerprint density at radius 1 is 1.09 bits per heavy atom. The molecule has 112 valence electrons. The maximum Gasteiger partial charge on any atom is 0.247 e. The molecule has 0 saturated heterocycles. The van der Waals surface area contributed by atoms with Gasteiger partial charge in [-0.1, -0.05) is 66.2 Å². The summed E-state index contributed by atoms with van der Waals surface area (Å²) in [5.41, 5.74) is 3.35. The van der Waals surface area contributed by atoms with Crippen molar-refractivity contribution in [1.29, 1.82) is 0 Å². The zero-order valence-corrected chi connectivity index (χ0v) is 12.9. The van der Waals surface area contributed by atoms with E-state index in [2.05, 4.69) is 6.58 Å². The molecule has 22 heavy (non-hydrogen) atoms. The van der Waals surface area contributed by atoms with Crippen molar-refractivity contribution in [2.45, 2.75) is 13.5 Å². The quantitative estimate of drug-likeness (QED) is 0.576. The summed E-state index contributed by atoms with van der Waals surface area (Å²) in [6.45, 7) is 6.90. The molecular formula is C20H21NO. The van der Waals surface area contributed by atoms with E-state index in [1.54, 1.807) is 17.1 Å². The van der Waals surface area contributed by atoms with Gasteiger partial charge in [0.1, 0.15) is 0 Å². The molecular weight excluding hydrogens is 270 g/mol. The number of amides is 1. The van der Waals surface area contributed by atoms with Gasteiger partial charge in [-0.15, -0.1) is 6.58 Å². The average molecular weight is 291 g/mol. The second kappa shape index (κ2) is 7.99. The number of nitrogens with zero attached hydrogens (tertiary/aromatic N) is 1. The fraction of sp³-hybridized carbons (Fsp3) is 0.150. The van der Waals surface area contributed by atoms with Gasteiger partial charge >= 0.3 is 0 Å². The SMILES string of the molecule is C=CCN(Cc1ccccc1)C(=O)/C=C/c1ccc(C)cc1. The molecule has 0 spiro atoms. The van der Waals surface area contributed by atoms with E-state index >= 15 is 0 Å². The third kappa shape index (κ3) is 4.74. The smallest absolute Gasteiger partial charge is 0.247 e. The molecule has 2 heteroatoms. The summed E-state index contributed by atoms with van der Waals surface area (Å²) < 4.78 is 0. The summed E-state index contributed by atoms with van der Waals surface area (Å²) in [7, 11) is 0. The van der Waals surface area contributed by atoms with Crippen molar-refractivity contribution in [3.05, 3.63) is 90.0 Å². The van der Waals surface area contributed by atoms with Gasteiger partial charge in [0.15, 0.2) is 0 Å². The van der Waals surface area contributed by atoms with Gasteiger partial charge in [-0.25, -0.2) is 0 Å². The van der Waals surface area contributed by atoms with E-state index in [9.17, 15) is 4.79 Å². The van der Waals surface area contributed by atoms with Crippen molar-refractivity contribution in [1.82, 2.24) is 4.90 Å². The van der Waals surface area contributed by atoms with E-state index < -0.39 is 0 Å². The van der Waals surface area contributed by atoms with Crippen molar-refractivity contribution in [2.24, 2.45) is 0 Å². The van der Waals surface area contributed by atoms with Gasteiger partial charge in [0.25, 0.3) is 0 Å². The largest absolute Gasteiger partial charge is 0.331 e. The predicted molar refractivity (Wildman–Crippen MR) is 92.3 cm³/mol. The van der Waals surface area contributed by atoms with Crippen molar-refractivity contribution in [3.8, 4) is 0 Å². The first-order valence-electron chi connectivity index (χ1n) is 7.37. The molecule has 0 atom stereocenters. The Bertz CT molecular complexity index is 641. The normalized spacial score (nSPS) is 10.6. The lowest BCUT2D eigenvalue weighted by Crippen LogP contribution is -2.29. The van der Waals surface area contributed by atoms with E-state index in [1.807, 2.05) is 67.6 Å². The number of carbonyl (C=O) groups excluding carboxylic acids is 1. The highest BCUT2D eigenvalue weighted by molar-refractivity contribution is 5.91. The van der Waals surface area contributed by atoms with Gasteiger partial charge in [0.2, 0.25) is 5.91 Å². The van der Waals surface area contributed by atoms with E-state index in [0.29, 0.717) is 13.1 Å². The number of benzene rings is 2. The minimum atomic E-state index is -0.00988. The molecule has 0 saturated carbocycles. The molecule has 2 aromatic carbocycles. The minimum Gasteiger partial charge on any atom is -0.331 e. The summed E-state index contributed by atoms with van der Waals surface area (Å²) >= 11 is 0. The zero-order valence-electron chi connectivity index (χ0n) is 12.9. The number of hydrogen-bond acceptors (Lipinski definition) is 1.